The number of carbonyl (C=O) groups excluding carboxylic acids is 2. The first kappa shape index (κ1) is 21.3. The lowest BCUT2D eigenvalue weighted by Gasteiger charge is -2.13. The molecule has 0 aliphatic heterocycles. The van der Waals surface area contributed by atoms with Gasteiger partial charge in [0.25, 0.3) is 0 Å². The number of ether oxygens (including phenoxy) is 2. The number of nitrogens with one attached hydrogen (secondary N) is 2. The van der Waals surface area contributed by atoms with Gasteiger partial charge in [0, 0.05) is 0 Å². The maximum atomic E-state index is 11.8. The van der Waals surface area contributed by atoms with Gasteiger partial charge < -0.3 is 19.2 Å². The summed E-state index contributed by atoms with van der Waals surface area (Å²) < 4.78 is 16.2. The number of benzene rings is 1. The van der Waals surface area contributed by atoms with Crippen molar-refractivity contribution in [1.29, 1.82) is 0 Å². The molecule has 2 N–H and O–H groups in total. The fraction of sp³-hybridized carbons (Fsp3) is 0.316. The van der Waals surface area contributed by atoms with E-state index in [0.717, 1.165) is 6.42 Å². The zero-order chi connectivity index (χ0) is 20.4. The van der Waals surface area contributed by atoms with Crippen molar-refractivity contribution in [3.05, 3.63) is 46.9 Å². The molecule has 1 heterocycles. The van der Waals surface area contributed by atoms with Crippen LogP contribution in [0, 0.1) is 0 Å². The Hall–Kier alpha value is -3.00. The molecule has 0 aliphatic rings. The summed E-state index contributed by atoms with van der Waals surface area (Å²) in [5.74, 6) is -0.254. The Bertz CT molecular complexity index is 821. The van der Waals surface area contributed by atoms with Gasteiger partial charge in [-0.3, -0.25) is 9.59 Å². The smallest absolute Gasteiger partial charge is 0.329 e. The standard InChI is InChI=1S/C19H22ClN3O5/c1-3-7-28-17-15(20)9-13(10-16(17)26-4-2)11-22-23-19(25)18(24)21-12-14-6-5-8-27-14/h5-6,8-11H,3-4,7,12H2,1-2H3,(H,21,24)(H,23,25)/b22-11+. The van der Waals surface area contributed by atoms with Crippen LogP contribution in [0.5, 0.6) is 11.5 Å². The van der Waals surface area contributed by atoms with Crippen LogP contribution in [0.3, 0.4) is 0 Å². The molecule has 1 aromatic carbocycles. The number of amides is 2. The van der Waals surface area contributed by atoms with Gasteiger partial charge in [-0.25, -0.2) is 5.43 Å². The van der Waals surface area contributed by atoms with Gasteiger partial charge in [0.05, 0.1) is 37.3 Å². The van der Waals surface area contributed by atoms with Crippen LogP contribution in [0.1, 0.15) is 31.6 Å². The molecule has 9 heteroatoms. The largest absolute Gasteiger partial charge is 0.490 e. The zero-order valence-corrected chi connectivity index (χ0v) is 16.4. The fourth-order valence-corrected chi connectivity index (χ4v) is 2.42. The van der Waals surface area contributed by atoms with E-state index in [1.165, 1.54) is 12.5 Å². The van der Waals surface area contributed by atoms with E-state index in [1.807, 2.05) is 13.8 Å². The highest BCUT2D eigenvalue weighted by Gasteiger charge is 2.14. The second-order valence-corrected chi connectivity index (χ2v) is 5.98. The molecule has 28 heavy (non-hydrogen) atoms. The third kappa shape index (κ3) is 6.31. The minimum atomic E-state index is -0.901. The second kappa shape index (κ2) is 11.0. The van der Waals surface area contributed by atoms with E-state index < -0.39 is 11.8 Å². The van der Waals surface area contributed by atoms with Crippen LogP contribution in [-0.4, -0.2) is 31.2 Å². The molecule has 0 aliphatic carbocycles. The van der Waals surface area contributed by atoms with Crippen LogP contribution < -0.4 is 20.2 Å². The monoisotopic (exact) mass is 407 g/mol. The Kier molecular flexibility index (Phi) is 8.36. The van der Waals surface area contributed by atoms with Crippen LogP contribution in [0.4, 0.5) is 0 Å². The molecule has 0 spiro atoms. The number of nitrogens with zero attached hydrogens (tertiary/aromatic N) is 1. The molecule has 1 aromatic heterocycles. The Balaban J connectivity index is 1.96. The summed E-state index contributed by atoms with van der Waals surface area (Å²) in [7, 11) is 0. The molecule has 150 valence electrons. The van der Waals surface area contributed by atoms with E-state index in [1.54, 1.807) is 24.3 Å². The molecule has 0 fully saturated rings. The average Bonchev–Trinajstić information content (AvgIpc) is 3.19. The van der Waals surface area contributed by atoms with E-state index in [9.17, 15) is 9.59 Å². The molecule has 2 rings (SSSR count). The molecular formula is C19H22ClN3O5. The average molecular weight is 408 g/mol. The lowest BCUT2D eigenvalue weighted by molar-refractivity contribution is -0.139. The van der Waals surface area contributed by atoms with Crippen molar-refractivity contribution in [2.24, 2.45) is 5.10 Å². The van der Waals surface area contributed by atoms with Gasteiger partial charge >= 0.3 is 11.8 Å². The first-order valence-electron chi connectivity index (χ1n) is 8.77. The van der Waals surface area contributed by atoms with E-state index in [2.05, 4.69) is 15.8 Å². The highest BCUT2D eigenvalue weighted by molar-refractivity contribution is 6.35. The van der Waals surface area contributed by atoms with Crippen LogP contribution in [0.25, 0.3) is 0 Å². The Morgan fingerprint density at radius 1 is 1.25 bits per heavy atom. The predicted octanol–water partition coefficient (Wildman–Crippen LogP) is 2.89. The van der Waals surface area contributed by atoms with E-state index >= 15 is 0 Å². The lowest BCUT2D eigenvalue weighted by atomic mass is 10.2. The number of furan rings is 1. The van der Waals surface area contributed by atoms with Crippen LogP contribution >= 0.6 is 11.6 Å². The van der Waals surface area contributed by atoms with Crippen molar-refractivity contribution in [3.63, 3.8) is 0 Å². The van der Waals surface area contributed by atoms with Crippen LogP contribution in [0.15, 0.2) is 40.0 Å². The first-order chi connectivity index (χ1) is 13.5. The number of carbonyl (C=O) groups is 2. The maximum Gasteiger partial charge on any atom is 0.329 e. The molecule has 8 nitrogen and oxygen atoms in total. The lowest BCUT2D eigenvalue weighted by Crippen LogP contribution is -2.37. The topological polar surface area (TPSA) is 102 Å². The summed E-state index contributed by atoms with van der Waals surface area (Å²) in [6.07, 6.45) is 3.67. The third-order valence-corrected chi connectivity index (χ3v) is 3.65. The summed E-state index contributed by atoms with van der Waals surface area (Å²) in [6.45, 7) is 4.89. The molecule has 0 saturated heterocycles. The summed E-state index contributed by atoms with van der Waals surface area (Å²) >= 11 is 6.26. The van der Waals surface area contributed by atoms with E-state index in [4.69, 9.17) is 25.5 Å². The molecule has 0 radical (unpaired) electrons. The molecule has 0 atom stereocenters. The first-order valence-corrected chi connectivity index (χ1v) is 9.15. The van der Waals surface area contributed by atoms with Crippen LogP contribution in [0.2, 0.25) is 5.02 Å². The number of hydrogen-bond acceptors (Lipinski definition) is 6. The van der Waals surface area contributed by atoms with Crippen molar-refractivity contribution in [1.82, 2.24) is 10.7 Å². The van der Waals surface area contributed by atoms with Gasteiger partial charge in [-0.05, 0) is 43.2 Å². The SMILES string of the molecule is CCCOc1c(Cl)cc(/C=N/NC(=O)C(=O)NCc2ccco2)cc1OCC. The highest BCUT2D eigenvalue weighted by Crippen LogP contribution is 2.36. The Morgan fingerprint density at radius 3 is 2.75 bits per heavy atom. The number of hydrogen-bond donors (Lipinski definition) is 2. The molecular weight excluding hydrogens is 386 g/mol. The second-order valence-electron chi connectivity index (χ2n) is 5.57. The minimum Gasteiger partial charge on any atom is -0.490 e. The van der Waals surface area contributed by atoms with Gasteiger partial charge in [0.1, 0.15) is 5.76 Å². The molecule has 0 saturated carbocycles. The normalized spacial score (nSPS) is 10.7. The number of hydrazone groups is 1. The van der Waals surface area contributed by atoms with Crippen molar-refractivity contribution in [2.75, 3.05) is 13.2 Å². The Morgan fingerprint density at radius 2 is 2.07 bits per heavy atom. The maximum absolute atomic E-state index is 11.8. The molecule has 0 unspecified atom stereocenters. The van der Waals surface area contributed by atoms with Crippen molar-refractivity contribution in [3.8, 4) is 11.5 Å². The van der Waals surface area contributed by atoms with Crippen molar-refractivity contribution >= 4 is 29.6 Å². The molecule has 2 aromatic rings. The van der Waals surface area contributed by atoms with Gasteiger partial charge in [-0.2, -0.15) is 5.10 Å². The third-order valence-electron chi connectivity index (χ3n) is 3.37. The van der Waals surface area contributed by atoms with Gasteiger partial charge in [-0.15, -0.1) is 0 Å². The predicted molar refractivity (Wildman–Crippen MR) is 105 cm³/mol. The zero-order valence-electron chi connectivity index (χ0n) is 15.7. The summed E-state index contributed by atoms with van der Waals surface area (Å²) in [6, 6.07) is 6.69. The molecule has 0 bridgehead atoms. The van der Waals surface area contributed by atoms with E-state index in [-0.39, 0.29) is 6.54 Å². The number of halogens is 1. The van der Waals surface area contributed by atoms with Crippen LogP contribution in [-0.2, 0) is 16.1 Å². The summed E-state index contributed by atoms with van der Waals surface area (Å²) in [5.41, 5.74) is 2.73. The van der Waals surface area contributed by atoms with Crippen molar-refractivity contribution < 1.29 is 23.5 Å². The van der Waals surface area contributed by atoms with Gasteiger partial charge in [0.15, 0.2) is 11.5 Å². The fourth-order valence-electron chi connectivity index (χ4n) is 2.15. The van der Waals surface area contributed by atoms with Gasteiger partial charge in [-0.1, -0.05) is 18.5 Å². The Labute approximate surface area is 167 Å². The van der Waals surface area contributed by atoms with Gasteiger partial charge in [0.2, 0.25) is 0 Å². The summed E-state index contributed by atoms with van der Waals surface area (Å²) in [4.78, 5) is 23.5. The molecule has 2 amide bonds. The summed E-state index contributed by atoms with van der Waals surface area (Å²) in [5, 5.41) is 6.56. The highest BCUT2D eigenvalue weighted by atomic mass is 35.5. The van der Waals surface area contributed by atoms with Crippen molar-refractivity contribution in [2.45, 2.75) is 26.8 Å². The van der Waals surface area contributed by atoms with E-state index in [0.29, 0.717) is 41.1 Å². The number of rotatable bonds is 9. The minimum absolute atomic E-state index is 0.107. The quantitative estimate of drug-likeness (QED) is 0.378.